The molecule has 11 unspecified atom stereocenters. The normalized spacial score (nSPS) is 52.9. The molecule has 1 spiro atoms. The third kappa shape index (κ3) is 6.51. The maximum atomic E-state index is 14.2. The number of hydrogen-bond acceptors (Lipinski definition) is 12. The predicted octanol–water partition coefficient (Wildman–Crippen LogP) is 4.23. The van der Waals surface area contributed by atoms with Gasteiger partial charge in [-0.3, -0.25) is 4.79 Å². The van der Waals surface area contributed by atoms with Gasteiger partial charge in [-0.15, -0.1) is 0 Å². The number of amides is 1. The minimum Gasteiger partial charge on any atom is -0.444 e. The Morgan fingerprint density at radius 3 is 2.37 bits per heavy atom. The van der Waals surface area contributed by atoms with Gasteiger partial charge >= 0.3 is 6.09 Å². The third-order valence-electron chi connectivity index (χ3n) is 14.4. The molecule has 0 saturated carbocycles. The van der Waals surface area contributed by atoms with Crippen molar-refractivity contribution in [2.24, 2.45) is 11.8 Å². The third-order valence-corrected chi connectivity index (χ3v) is 14.4. The second kappa shape index (κ2) is 14.2. The fourth-order valence-electron chi connectivity index (χ4n) is 11.7. The molecule has 298 valence electrons. The van der Waals surface area contributed by atoms with Crippen molar-refractivity contribution in [3.63, 3.8) is 0 Å². The molecule has 19 atom stereocenters. The zero-order valence-electron chi connectivity index (χ0n) is 31.6. The Bertz CT molecular complexity index is 1510. The summed E-state index contributed by atoms with van der Waals surface area (Å²) in [7, 11) is 1.68. The molecule has 11 rings (SSSR count). The van der Waals surface area contributed by atoms with Crippen molar-refractivity contribution >= 4 is 11.9 Å². The fourth-order valence-corrected chi connectivity index (χ4v) is 11.7. The SMILES string of the molecule is C=C1CC2CC[C@@]34C[C@H]5OC6C(O3)C3OC(CC[C@@H]3O[C@H]6C5O4)CC(=O)CC3[C@@H](OC)C(CC4CNC(=O)O4)O[C@H]3CC3O[C@@H](CCC1O2)C[C@@H](C)C3=C. The van der Waals surface area contributed by atoms with E-state index in [9.17, 15) is 9.59 Å². The van der Waals surface area contributed by atoms with Crippen molar-refractivity contribution in [2.45, 2.75) is 194 Å². The number of carbonyl (C=O) groups excluding carboxylic acids is 2. The van der Waals surface area contributed by atoms with Crippen LogP contribution in [0.25, 0.3) is 0 Å². The summed E-state index contributed by atoms with van der Waals surface area (Å²) in [5.41, 5.74) is 2.20. The van der Waals surface area contributed by atoms with E-state index in [2.05, 4.69) is 25.4 Å². The van der Waals surface area contributed by atoms with Crippen molar-refractivity contribution in [2.75, 3.05) is 13.7 Å². The molecule has 11 aliphatic heterocycles. The maximum Gasteiger partial charge on any atom is 0.407 e. The molecule has 0 aromatic rings. The van der Waals surface area contributed by atoms with E-state index in [1.807, 2.05) is 0 Å². The zero-order chi connectivity index (χ0) is 36.9. The van der Waals surface area contributed by atoms with Gasteiger partial charge in [-0.25, -0.2) is 4.79 Å². The number of carbonyl (C=O) groups is 2. The van der Waals surface area contributed by atoms with E-state index in [0.717, 1.165) is 56.1 Å². The van der Waals surface area contributed by atoms with Crippen LogP contribution >= 0.6 is 0 Å². The molecular weight excluding hydrogens is 698 g/mol. The largest absolute Gasteiger partial charge is 0.444 e. The van der Waals surface area contributed by atoms with E-state index in [1.54, 1.807) is 7.11 Å². The van der Waals surface area contributed by atoms with Gasteiger partial charge in [0.25, 0.3) is 0 Å². The average Bonchev–Trinajstić information content (AvgIpc) is 3.91. The van der Waals surface area contributed by atoms with E-state index in [0.29, 0.717) is 32.2 Å². The number of ketones is 1. The van der Waals surface area contributed by atoms with E-state index in [4.69, 9.17) is 47.4 Å². The van der Waals surface area contributed by atoms with Gasteiger partial charge in [0.15, 0.2) is 5.79 Å². The maximum absolute atomic E-state index is 14.2. The van der Waals surface area contributed by atoms with Crippen LogP contribution in [0.3, 0.4) is 0 Å². The molecule has 1 N–H and O–H groups in total. The summed E-state index contributed by atoms with van der Waals surface area (Å²) in [5.74, 6) is -0.620. The standard InChI is InChI=1S/C41H57NO12/c1-19-11-23-5-7-28-20(2)12-25(46-28)9-10-41-17-33-36(53-41)37-38(52-33)39(54-41)35-29(51-37)8-6-24(48-35)13-22(43)14-27-31(16-30(47-23)21(19)3)50-32(34(27)45-4)15-26-18-42-40(44)49-26/h19,23-39H,2-3,5-18H2,1,4H3,(H,42,44)/t19-,23+,24?,25?,26?,27?,28?,29+,30?,31+,32?,33-,34-,35?,36?,37+,38?,39?,41+/m1/s1. The Balaban J connectivity index is 0.927. The molecule has 11 heterocycles. The molecule has 0 aliphatic carbocycles. The summed E-state index contributed by atoms with van der Waals surface area (Å²) < 4.78 is 65.8. The highest BCUT2D eigenvalue weighted by Crippen LogP contribution is 2.54. The van der Waals surface area contributed by atoms with Crippen molar-refractivity contribution in [3.05, 3.63) is 24.3 Å². The molecule has 0 radical (unpaired) electrons. The molecular formula is C41H57NO12. The van der Waals surface area contributed by atoms with E-state index < -0.39 is 11.9 Å². The number of alkyl carbamates (subject to hydrolysis) is 1. The lowest BCUT2D eigenvalue weighted by molar-refractivity contribution is -0.292. The summed E-state index contributed by atoms with van der Waals surface area (Å²) in [5, 5.41) is 2.75. The summed E-state index contributed by atoms with van der Waals surface area (Å²) in [6, 6.07) is 0. The summed E-state index contributed by atoms with van der Waals surface area (Å²) in [4.78, 5) is 26.0. The van der Waals surface area contributed by atoms with Crippen LogP contribution in [0.1, 0.15) is 90.4 Å². The zero-order valence-corrected chi connectivity index (χ0v) is 31.6. The fraction of sp³-hybridized carbons (Fsp3) is 0.854. The van der Waals surface area contributed by atoms with Crippen LogP contribution < -0.4 is 5.32 Å². The van der Waals surface area contributed by atoms with Gasteiger partial charge in [0.2, 0.25) is 0 Å². The second-order valence-corrected chi connectivity index (χ2v) is 17.9. The van der Waals surface area contributed by atoms with Crippen LogP contribution in [0.2, 0.25) is 0 Å². The Morgan fingerprint density at radius 2 is 1.54 bits per heavy atom. The van der Waals surface area contributed by atoms with Crippen molar-refractivity contribution in [3.8, 4) is 0 Å². The first kappa shape index (κ1) is 36.4. The van der Waals surface area contributed by atoms with E-state index in [-0.39, 0.29) is 128 Å². The first-order valence-electron chi connectivity index (χ1n) is 20.8. The minimum absolute atomic E-state index is 0.0202. The highest BCUT2D eigenvalue weighted by molar-refractivity contribution is 5.79. The number of methoxy groups -OCH3 is 1. The average molecular weight is 756 g/mol. The Hall–Kier alpha value is -1.94. The second-order valence-electron chi connectivity index (χ2n) is 17.9. The van der Waals surface area contributed by atoms with Crippen LogP contribution in [0.5, 0.6) is 0 Å². The lowest BCUT2D eigenvalue weighted by Gasteiger charge is -2.47. The van der Waals surface area contributed by atoms with Crippen LogP contribution in [0, 0.1) is 11.8 Å². The molecule has 11 saturated heterocycles. The first-order chi connectivity index (χ1) is 26.1. The Morgan fingerprint density at radius 1 is 0.759 bits per heavy atom. The summed E-state index contributed by atoms with van der Waals surface area (Å²) in [6.07, 6.45) is 4.97. The van der Waals surface area contributed by atoms with Crippen LogP contribution in [-0.4, -0.2) is 129 Å². The van der Waals surface area contributed by atoms with Gasteiger partial charge in [0, 0.05) is 51.6 Å². The highest BCUT2D eigenvalue weighted by Gasteiger charge is 2.68. The molecule has 54 heavy (non-hydrogen) atoms. The van der Waals surface area contributed by atoms with E-state index in [1.165, 1.54) is 0 Å². The molecule has 13 heteroatoms. The molecule has 1 amide bonds. The Labute approximate surface area is 317 Å². The highest BCUT2D eigenvalue weighted by atomic mass is 16.8. The number of fused-ring (bicyclic) bond motifs is 6. The smallest absolute Gasteiger partial charge is 0.407 e. The molecule has 12 bridgehead atoms. The van der Waals surface area contributed by atoms with Crippen LogP contribution in [-0.2, 0) is 52.2 Å². The quantitative estimate of drug-likeness (QED) is 0.413. The topological polar surface area (TPSA) is 138 Å². The van der Waals surface area contributed by atoms with Gasteiger partial charge in [-0.05, 0) is 62.0 Å². The van der Waals surface area contributed by atoms with Gasteiger partial charge in [0.1, 0.15) is 42.4 Å². The number of ether oxygens (including phenoxy) is 10. The summed E-state index contributed by atoms with van der Waals surface area (Å²) >= 11 is 0. The van der Waals surface area contributed by atoms with Crippen LogP contribution in [0.4, 0.5) is 4.79 Å². The monoisotopic (exact) mass is 755 g/mol. The van der Waals surface area contributed by atoms with E-state index >= 15 is 0 Å². The summed E-state index contributed by atoms with van der Waals surface area (Å²) in [6.45, 7) is 11.6. The lowest BCUT2D eigenvalue weighted by atomic mass is 9.81. The van der Waals surface area contributed by atoms with Gasteiger partial charge in [-0.1, -0.05) is 20.1 Å². The molecule has 0 aromatic heterocycles. The Kier molecular flexibility index (Phi) is 9.55. The van der Waals surface area contributed by atoms with Gasteiger partial charge < -0.3 is 52.7 Å². The molecule has 11 fully saturated rings. The number of Topliss-reactive ketones (excluding diaryl/α,β-unsaturated/α-hetero) is 1. The number of hydrogen-bond donors (Lipinski definition) is 1. The first-order valence-corrected chi connectivity index (χ1v) is 20.8. The van der Waals surface area contributed by atoms with Gasteiger partial charge in [0.05, 0.1) is 67.6 Å². The van der Waals surface area contributed by atoms with Crippen molar-refractivity contribution in [1.82, 2.24) is 5.32 Å². The van der Waals surface area contributed by atoms with Crippen LogP contribution in [0.15, 0.2) is 24.3 Å². The number of rotatable bonds is 3. The molecule has 0 aromatic carbocycles. The minimum atomic E-state index is -0.785. The number of nitrogens with one attached hydrogen (secondary N) is 1. The molecule has 11 aliphatic rings. The number of cyclic esters (lactones) is 1. The van der Waals surface area contributed by atoms with Crippen molar-refractivity contribution in [1.29, 1.82) is 0 Å². The lowest BCUT2D eigenvalue weighted by Crippen LogP contribution is -2.61. The predicted molar refractivity (Wildman–Crippen MR) is 189 cm³/mol. The molecule has 13 nitrogen and oxygen atoms in total. The van der Waals surface area contributed by atoms with Gasteiger partial charge in [-0.2, -0.15) is 0 Å². The van der Waals surface area contributed by atoms with Crippen molar-refractivity contribution < 1.29 is 57.0 Å².